The minimum atomic E-state index is -0.826. The van der Waals surface area contributed by atoms with Crippen molar-refractivity contribution < 1.29 is 14.7 Å². The van der Waals surface area contributed by atoms with E-state index in [9.17, 15) is 9.59 Å². The zero-order valence-electron chi connectivity index (χ0n) is 11.8. The van der Waals surface area contributed by atoms with Gasteiger partial charge in [-0.15, -0.1) is 0 Å². The molecule has 0 aliphatic rings. The second kappa shape index (κ2) is 6.97. The van der Waals surface area contributed by atoms with Crippen LogP contribution in [0.5, 0.6) is 0 Å². The van der Waals surface area contributed by atoms with Crippen LogP contribution < -0.4 is 0 Å². The highest BCUT2D eigenvalue weighted by molar-refractivity contribution is 5.93. The molecule has 1 N–H and O–H groups in total. The Morgan fingerprint density at radius 3 is 2.63 bits per heavy atom. The Labute approximate surface area is 113 Å². The van der Waals surface area contributed by atoms with Crippen molar-refractivity contribution in [3.05, 3.63) is 24.0 Å². The molecule has 1 aromatic rings. The van der Waals surface area contributed by atoms with Crippen LogP contribution in [0.4, 0.5) is 0 Å². The summed E-state index contributed by atoms with van der Waals surface area (Å²) in [5, 5.41) is 8.66. The minimum absolute atomic E-state index is 0.0350. The number of amides is 1. The van der Waals surface area contributed by atoms with Gasteiger partial charge in [-0.1, -0.05) is 0 Å². The van der Waals surface area contributed by atoms with E-state index in [0.717, 1.165) is 6.54 Å². The first-order valence-electron chi connectivity index (χ1n) is 6.65. The van der Waals surface area contributed by atoms with Gasteiger partial charge in [-0.2, -0.15) is 0 Å². The van der Waals surface area contributed by atoms with Crippen molar-refractivity contribution in [2.75, 3.05) is 6.54 Å². The van der Waals surface area contributed by atoms with Crippen LogP contribution in [0, 0.1) is 0 Å². The summed E-state index contributed by atoms with van der Waals surface area (Å²) in [4.78, 5) is 24.7. The molecule has 0 bridgehead atoms. The summed E-state index contributed by atoms with van der Waals surface area (Å²) in [6.07, 6.45) is 2.44. The Morgan fingerprint density at radius 2 is 2.11 bits per heavy atom. The van der Waals surface area contributed by atoms with Gasteiger partial charge in [-0.05, 0) is 39.3 Å². The third-order valence-corrected chi connectivity index (χ3v) is 3.06. The standard InChI is InChI=1S/C14H22N2O3/c1-4-15-9-5-7-12(15)14(19)16(11(2)3)10-6-8-13(17)18/h5,7,9,11H,4,6,8,10H2,1-3H3,(H,17,18). The normalized spacial score (nSPS) is 10.7. The molecule has 19 heavy (non-hydrogen) atoms. The van der Waals surface area contributed by atoms with Crippen LogP contribution in [0.3, 0.4) is 0 Å². The Kier molecular flexibility index (Phi) is 5.60. The van der Waals surface area contributed by atoms with Gasteiger partial charge in [0, 0.05) is 31.7 Å². The fraction of sp³-hybridized carbons (Fsp3) is 0.571. The lowest BCUT2D eigenvalue weighted by molar-refractivity contribution is -0.137. The Morgan fingerprint density at radius 1 is 1.42 bits per heavy atom. The molecule has 1 heterocycles. The zero-order valence-corrected chi connectivity index (χ0v) is 11.8. The summed E-state index contributed by atoms with van der Waals surface area (Å²) in [7, 11) is 0. The third-order valence-electron chi connectivity index (χ3n) is 3.06. The number of carboxylic acids is 1. The lowest BCUT2D eigenvalue weighted by Crippen LogP contribution is -2.38. The number of rotatable bonds is 7. The number of carboxylic acid groups (broad SMARTS) is 1. The first-order valence-corrected chi connectivity index (χ1v) is 6.65. The monoisotopic (exact) mass is 266 g/mol. The molecule has 1 amide bonds. The maximum Gasteiger partial charge on any atom is 0.303 e. The minimum Gasteiger partial charge on any atom is -0.481 e. The number of aliphatic carboxylic acids is 1. The fourth-order valence-corrected chi connectivity index (χ4v) is 2.03. The number of carbonyl (C=O) groups excluding carboxylic acids is 1. The topological polar surface area (TPSA) is 62.5 Å². The molecular formula is C14H22N2O3. The van der Waals surface area contributed by atoms with Crippen LogP contribution in [-0.4, -0.2) is 39.0 Å². The molecule has 0 spiro atoms. The molecule has 1 rings (SSSR count). The van der Waals surface area contributed by atoms with Crippen molar-refractivity contribution in [1.29, 1.82) is 0 Å². The van der Waals surface area contributed by atoms with E-state index in [2.05, 4.69) is 0 Å². The molecule has 0 saturated carbocycles. The van der Waals surface area contributed by atoms with Gasteiger partial charge in [-0.25, -0.2) is 0 Å². The average molecular weight is 266 g/mol. The molecule has 0 unspecified atom stereocenters. The van der Waals surface area contributed by atoms with E-state index in [4.69, 9.17) is 5.11 Å². The van der Waals surface area contributed by atoms with E-state index in [1.165, 1.54) is 0 Å². The molecule has 0 fully saturated rings. The fourth-order valence-electron chi connectivity index (χ4n) is 2.03. The number of aryl methyl sites for hydroxylation is 1. The summed E-state index contributed by atoms with van der Waals surface area (Å²) in [6.45, 7) is 7.09. The molecule has 0 aliphatic heterocycles. The first kappa shape index (κ1) is 15.3. The van der Waals surface area contributed by atoms with Crippen LogP contribution >= 0.6 is 0 Å². The van der Waals surface area contributed by atoms with Crippen LogP contribution in [0.2, 0.25) is 0 Å². The highest BCUT2D eigenvalue weighted by atomic mass is 16.4. The van der Waals surface area contributed by atoms with Crippen LogP contribution in [0.25, 0.3) is 0 Å². The highest BCUT2D eigenvalue weighted by Crippen LogP contribution is 2.11. The summed E-state index contributed by atoms with van der Waals surface area (Å²) < 4.78 is 1.90. The predicted molar refractivity (Wildman–Crippen MR) is 73.1 cm³/mol. The molecule has 106 valence electrons. The van der Waals surface area contributed by atoms with Gasteiger partial charge in [0.2, 0.25) is 0 Å². The van der Waals surface area contributed by atoms with E-state index in [1.54, 1.807) is 11.0 Å². The highest BCUT2D eigenvalue weighted by Gasteiger charge is 2.20. The van der Waals surface area contributed by atoms with E-state index < -0.39 is 5.97 Å². The van der Waals surface area contributed by atoms with Gasteiger partial charge in [-0.3, -0.25) is 9.59 Å². The zero-order chi connectivity index (χ0) is 14.4. The molecule has 0 atom stereocenters. The van der Waals surface area contributed by atoms with E-state index in [1.807, 2.05) is 37.6 Å². The molecule has 0 aliphatic carbocycles. The summed E-state index contributed by atoms with van der Waals surface area (Å²) in [5.41, 5.74) is 0.659. The summed E-state index contributed by atoms with van der Waals surface area (Å²) in [5.74, 6) is -0.861. The van der Waals surface area contributed by atoms with Crippen molar-refractivity contribution in [3.8, 4) is 0 Å². The summed E-state index contributed by atoms with van der Waals surface area (Å²) in [6, 6.07) is 3.71. The molecule has 1 aromatic heterocycles. The average Bonchev–Trinajstić information content (AvgIpc) is 2.81. The maximum absolute atomic E-state index is 12.5. The van der Waals surface area contributed by atoms with E-state index in [-0.39, 0.29) is 18.4 Å². The molecule has 0 aromatic carbocycles. The van der Waals surface area contributed by atoms with E-state index in [0.29, 0.717) is 18.7 Å². The van der Waals surface area contributed by atoms with Crippen molar-refractivity contribution in [2.24, 2.45) is 0 Å². The van der Waals surface area contributed by atoms with Crippen LogP contribution in [-0.2, 0) is 11.3 Å². The molecular weight excluding hydrogens is 244 g/mol. The van der Waals surface area contributed by atoms with Crippen molar-refractivity contribution in [2.45, 2.75) is 46.2 Å². The number of hydrogen-bond donors (Lipinski definition) is 1. The Balaban J connectivity index is 2.76. The van der Waals surface area contributed by atoms with Crippen LogP contribution in [0.1, 0.15) is 44.1 Å². The van der Waals surface area contributed by atoms with Gasteiger partial charge < -0.3 is 14.6 Å². The van der Waals surface area contributed by atoms with Gasteiger partial charge in [0.15, 0.2) is 0 Å². The second-order valence-electron chi connectivity index (χ2n) is 4.77. The van der Waals surface area contributed by atoms with Gasteiger partial charge >= 0.3 is 5.97 Å². The summed E-state index contributed by atoms with van der Waals surface area (Å²) >= 11 is 0. The smallest absolute Gasteiger partial charge is 0.303 e. The predicted octanol–water partition coefficient (Wildman–Crippen LogP) is 2.22. The van der Waals surface area contributed by atoms with Crippen LogP contribution in [0.15, 0.2) is 18.3 Å². The molecule has 0 saturated heterocycles. The lowest BCUT2D eigenvalue weighted by atomic mass is 10.2. The lowest BCUT2D eigenvalue weighted by Gasteiger charge is -2.27. The molecule has 5 heteroatoms. The largest absolute Gasteiger partial charge is 0.481 e. The second-order valence-corrected chi connectivity index (χ2v) is 4.77. The Bertz CT molecular complexity index is 438. The van der Waals surface area contributed by atoms with E-state index >= 15 is 0 Å². The molecule has 5 nitrogen and oxygen atoms in total. The van der Waals surface area contributed by atoms with Gasteiger partial charge in [0.05, 0.1) is 0 Å². The number of carbonyl (C=O) groups is 2. The Hall–Kier alpha value is -1.78. The number of aromatic nitrogens is 1. The molecule has 0 radical (unpaired) electrons. The maximum atomic E-state index is 12.5. The quantitative estimate of drug-likeness (QED) is 0.823. The van der Waals surface area contributed by atoms with Crippen molar-refractivity contribution in [3.63, 3.8) is 0 Å². The van der Waals surface area contributed by atoms with Gasteiger partial charge in [0.25, 0.3) is 5.91 Å². The number of nitrogens with zero attached hydrogens (tertiary/aromatic N) is 2. The third kappa shape index (κ3) is 4.12. The SMILES string of the molecule is CCn1cccc1C(=O)N(CCCC(=O)O)C(C)C. The van der Waals surface area contributed by atoms with Gasteiger partial charge in [0.1, 0.15) is 5.69 Å². The number of hydrogen-bond acceptors (Lipinski definition) is 2. The van der Waals surface area contributed by atoms with Crippen molar-refractivity contribution >= 4 is 11.9 Å². The van der Waals surface area contributed by atoms with Crippen molar-refractivity contribution in [1.82, 2.24) is 9.47 Å². The first-order chi connectivity index (χ1) is 8.97.